The standard InChI is InChI=1S/C14H17NO/c1-2-15-13-8-12(9-14(16)10-13)11-6-4-3-5-7-11/h3-7,10,12,15H,2,8-9H2,1H3. The summed E-state index contributed by atoms with van der Waals surface area (Å²) < 4.78 is 0. The Morgan fingerprint density at radius 1 is 1.25 bits per heavy atom. The van der Waals surface area contributed by atoms with Gasteiger partial charge in [-0.05, 0) is 24.8 Å². The average Bonchev–Trinajstić information content (AvgIpc) is 2.30. The van der Waals surface area contributed by atoms with Crippen LogP contribution in [0.4, 0.5) is 0 Å². The van der Waals surface area contributed by atoms with E-state index in [0.29, 0.717) is 12.3 Å². The van der Waals surface area contributed by atoms with Gasteiger partial charge in [0.15, 0.2) is 5.78 Å². The normalized spacial score (nSPS) is 20.4. The third-order valence-electron chi connectivity index (χ3n) is 2.92. The fraction of sp³-hybridized carbons (Fsp3) is 0.357. The molecule has 1 unspecified atom stereocenters. The Morgan fingerprint density at radius 3 is 2.69 bits per heavy atom. The highest BCUT2D eigenvalue weighted by molar-refractivity contribution is 5.91. The van der Waals surface area contributed by atoms with Gasteiger partial charge >= 0.3 is 0 Å². The molecular weight excluding hydrogens is 198 g/mol. The van der Waals surface area contributed by atoms with Crippen molar-refractivity contribution in [1.82, 2.24) is 5.32 Å². The van der Waals surface area contributed by atoms with Crippen molar-refractivity contribution in [3.05, 3.63) is 47.7 Å². The van der Waals surface area contributed by atoms with Crippen molar-refractivity contribution >= 4 is 5.78 Å². The fourth-order valence-corrected chi connectivity index (χ4v) is 2.20. The van der Waals surface area contributed by atoms with Crippen molar-refractivity contribution in [2.75, 3.05) is 6.54 Å². The highest BCUT2D eigenvalue weighted by atomic mass is 16.1. The summed E-state index contributed by atoms with van der Waals surface area (Å²) in [5, 5.41) is 3.25. The predicted octanol–water partition coefficient (Wildman–Crippen LogP) is 2.63. The zero-order chi connectivity index (χ0) is 11.4. The van der Waals surface area contributed by atoms with Crippen LogP contribution in [0.5, 0.6) is 0 Å². The van der Waals surface area contributed by atoms with Crippen LogP contribution >= 0.6 is 0 Å². The molecule has 16 heavy (non-hydrogen) atoms. The van der Waals surface area contributed by atoms with Gasteiger partial charge in [-0.1, -0.05) is 30.3 Å². The molecule has 0 heterocycles. The molecule has 0 radical (unpaired) electrons. The summed E-state index contributed by atoms with van der Waals surface area (Å²) in [6.07, 6.45) is 3.34. The first-order valence-electron chi connectivity index (χ1n) is 5.82. The number of hydrogen-bond donors (Lipinski definition) is 1. The maximum atomic E-state index is 11.6. The summed E-state index contributed by atoms with van der Waals surface area (Å²) in [4.78, 5) is 11.6. The molecule has 1 atom stereocenters. The van der Waals surface area contributed by atoms with E-state index in [-0.39, 0.29) is 5.78 Å². The zero-order valence-electron chi connectivity index (χ0n) is 9.57. The molecule has 0 saturated carbocycles. The number of carbonyl (C=O) groups is 1. The van der Waals surface area contributed by atoms with Gasteiger partial charge < -0.3 is 5.32 Å². The minimum absolute atomic E-state index is 0.232. The topological polar surface area (TPSA) is 29.1 Å². The number of nitrogens with one attached hydrogen (secondary N) is 1. The SMILES string of the molecule is CCNC1=CC(=O)CC(c2ccccc2)C1. The van der Waals surface area contributed by atoms with Crippen molar-refractivity contribution in [3.8, 4) is 0 Å². The molecule has 0 aromatic heterocycles. The lowest BCUT2D eigenvalue weighted by molar-refractivity contribution is -0.115. The van der Waals surface area contributed by atoms with Gasteiger partial charge in [-0.3, -0.25) is 4.79 Å². The number of rotatable bonds is 3. The smallest absolute Gasteiger partial charge is 0.158 e. The highest BCUT2D eigenvalue weighted by Crippen LogP contribution is 2.30. The van der Waals surface area contributed by atoms with Crippen molar-refractivity contribution in [2.45, 2.75) is 25.7 Å². The third-order valence-corrected chi connectivity index (χ3v) is 2.92. The molecule has 0 aliphatic heterocycles. The van der Waals surface area contributed by atoms with Crippen LogP contribution in [0.3, 0.4) is 0 Å². The summed E-state index contributed by atoms with van der Waals surface area (Å²) in [5.41, 5.74) is 2.34. The molecule has 0 spiro atoms. The van der Waals surface area contributed by atoms with Gasteiger partial charge in [0.2, 0.25) is 0 Å². The summed E-state index contributed by atoms with van der Waals surface area (Å²) in [7, 11) is 0. The van der Waals surface area contributed by atoms with Gasteiger partial charge in [0, 0.05) is 24.7 Å². The Hall–Kier alpha value is -1.57. The first-order chi connectivity index (χ1) is 7.79. The van der Waals surface area contributed by atoms with Crippen LogP contribution in [0.15, 0.2) is 42.1 Å². The number of allylic oxidation sites excluding steroid dienone is 2. The van der Waals surface area contributed by atoms with Crippen LogP contribution in [-0.2, 0) is 4.79 Å². The van der Waals surface area contributed by atoms with Crippen LogP contribution in [0.2, 0.25) is 0 Å². The quantitative estimate of drug-likeness (QED) is 0.839. The molecule has 1 aromatic carbocycles. The van der Waals surface area contributed by atoms with E-state index in [4.69, 9.17) is 0 Å². The molecule has 0 bridgehead atoms. The lowest BCUT2D eigenvalue weighted by atomic mass is 9.85. The second kappa shape index (κ2) is 4.97. The van der Waals surface area contributed by atoms with Gasteiger partial charge in [0.05, 0.1) is 0 Å². The van der Waals surface area contributed by atoms with E-state index < -0.39 is 0 Å². The molecule has 2 nitrogen and oxygen atoms in total. The van der Waals surface area contributed by atoms with Crippen LogP contribution in [-0.4, -0.2) is 12.3 Å². The summed E-state index contributed by atoms with van der Waals surface area (Å²) in [5.74, 6) is 0.573. The summed E-state index contributed by atoms with van der Waals surface area (Å²) in [6, 6.07) is 10.3. The van der Waals surface area contributed by atoms with Crippen LogP contribution in [0.1, 0.15) is 31.2 Å². The zero-order valence-corrected chi connectivity index (χ0v) is 9.57. The number of benzene rings is 1. The number of ketones is 1. The van der Waals surface area contributed by atoms with E-state index in [1.165, 1.54) is 5.56 Å². The van der Waals surface area contributed by atoms with Gasteiger partial charge in [0.25, 0.3) is 0 Å². The van der Waals surface area contributed by atoms with Crippen molar-refractivity contribution < 1.29 is 4.79 Å². The first-order valence-corrected chi connectivity index (χ1v) is 5.82. The third kappa shape index (κ3) is 2.51. The highest BCUT2D eigenvalue weighted by Gasteiger charge is 2.21. The average molecular weight is 215 g/mol. The first kappa shape index (κ1) is 10.9. The monoisotopic (exact) mass is 215 g/mol. The molecule has 2 heteroatoms. The molecule has 1 N–H and O–H groups in total. The van der Waals surface area contributed by atoms with Crippen molar-refractivity contribution in [2.24, 2.45) is 0 Å². The van der Waals surface area contributed by atoms with Crippen molar-refractivity contribution in [3.63, 3.8) is 0 Å². The van der Waals surface area contributed by atoms with Crippen molar-refractivity contribution in [1.29, 1.82) is 0 Å². The molecule has 84 valence electrons. The van der Waals surface area contributed by atoms with Crippen LogP contribution < -0.4 is 5.32 Å². The van der Waals surface area contributed by atoms with Gasteiger partial charge in [-0.2, -0.15) is 0 Å². The molecule has 0 fully saturated rings. The summed E-state index contributed by atoms with van der Waals surface area (Å²) >= 11 is 0. The minimum Gasteiger partial charge on any atom is -0.389 e. The Bertz CT molecular complexity index is 394. The van der Waals surface area contributed by atoms with E-state index in [2.05, 4.69) is 24.4 Å². The largest absolute Gasteiger partial charge is 0.389 e. The summed E-state index contributed by atoms with van der Waals surface area (Å²) in [6.45, 7) is 2.93. The molecule has 0 saturated heterocycles. The second-order valence-electron chi connectivity index (χ2n) is 4.18. The number of hydrogen-bond acceptors (Lipinski definition) is 2. The molecule has 0 amide bonds. The lowest BCUT2D eigenvalue weighted by Crippen LogP contribution is -2.21. The lowest BCUT2D eigenvalue weighted by Gasteiger charge is -2.22. The van der Waals surface area contributed by atoms with E-state index in [1.807, 2.05) is 18.2 Å². The molecular formula is C14H17NO. The van der Waals surface area contributed by atoms with Gasteiger partial charge in [0.1, 0.15) is 0 Å². The van der Waals surface area contributed by atoms with Crippen LogP contribution in [0.25, 0.3) is 0 Å². The number of carbonyl (C=O) groups excluding carboxylic acids is 1. The fourth-order valence-electron chi connectivity index (χ4n) is 2.20. The van der Waals surface area contributed by atoms with Gasteiger partial charge in [-0.25, -0.2) is 0 Å². The van der Waals surface area contributed by atoms with E-state index in [0.717, 1.165) is 18.7 Å². The molecule has 2 rings (SSSR count). The Labute approximate surface area is 96.4 Å². The van der Waals surface area contributed by atoms with Gasteiger partial charge in [-0.15, -0.1) is 0 Å². The maximum absolute atomic E-state index is 11.6. The molecule has 1 aromatic rings. The van der Waals surface area contributed by atoms with E-state index in [9.17, 15) is 4.79 Å². The minimum atomic E-state index is 0.232. The second-order valence-corrected chi connectivity index (χ2v) is 4.18. The van der Waals surface area contributed by atoms with E-state index in [1.54, 1.807) is 6.08 Å². The Kier molecular flexibility index (Phi) is 3.40. The Balaban J connectivity index is 2.15. The van der Waals surface area contributed by atoms with Crippen LogP contribution in [0, 0.1) is 0 Å². The molecule has 1 aliphatic rings. The molecule has 1 aliphatic carbocycles. The maximum Gasteiger partial charge on any atom is 0.158 e. The predicted molar refractivity (Wildman–Crippen MR) is 65.2 cm³/mol. The van der Waals surface area contributed by atoms with E-state index >= 15 is 0 Å². The Morgan fingerprint density at radius 2 is 2.00 bits per heavy atom.